The van der Waals surface area contributed by atoms with E-state index in [2.05, 4.69) is 17.2 Å². The Morgan fingerprint density at radius 2 is 2.57 bits per heavy atom. The fraction of sp³-hybridized carbons (Fsp3) is 0.667. The van der Waals surface area contributed by atoms with Crippen molar-refractivity contribution in [3.05, 3.63) is 17.2 Å². The summed E-state index contributed by atoms with van der Waals surface area (Å²) in [5.41, 5.74) is 0. The number of hydrogen-bond donors (Lipinski definition) is 1. The van der Waals surface area contributed by atoms with Gasteiger partial charge in [-0.1, -0.05) is 18.5 Å². The van der Waals surface area contributed by atoms with Crippen LogP contribution < -0.4 is 5.32 Å². The lowest BCUT2D eigenvalue weighted by Crippen LogP contribution is -2.26. The fourth-order valence-corrected chi connectivity index (χ4v) is 3.10. The highest BCUT2D eigenvalue weighted by atomic mass is 35.5. The second kappa shape index (κ2) is 4.13. The number of imidazole rings is 1. The summed E-state index contributed by atoms with van der Waals surface area (Å²) in [7, 11) is 1.95. The lowest BCUT2D eigenvalue weighted by molar-refractivity contribution is 0.541. The van der Waals surface area contributed by atoms with Crippen molar-refractivity contribution in [3.8, 4) is 0 Å². The SMILES string of the molecule is CCC1CSC(c2ncc(Cl)n2C)N1. The Hall–Kier alpha value is -0.190. The Morgan fingerprint density at radius 3 is 3.07 bits per heavy atom. The molecule has 0 saturated carbocycles. The van der Waals surface area contributed by atoms with Gasteiger partial charge in [-0.15, -0.1) is 11.8 Å². The van der Waals surface area contributed by atoms with Crippen molar-refractivity contribution in [3.63, 3.8) is 0 Å². The number of hydrogen-bond acceptors (Lipinski definition) is 3. The molecule has 1 aliphatic heterocycles. The lowest BCUT2D eigenvalue weighted by Gasteiger charge is -2.11. The van der Waals surface area contributed by atoms with E-state index in [1.54, 1.807) is 6.20 Å². The molecule has 5 heteroatoms. The maximum Gasteiger partial charge on any atom is 0.137 e. The van der Waals surface area contributed by atoms with Gasteiger partial charge in [0, 0.05) is 18.8 Å². The van der Waals surface area contributed by atoms with Crippen LogP contribution in [-0.4, -0.2) is 21.3 Å². The molecule has 1 aromatic rings. The van der Waals surface area contributed by atoms with Gasteiger partial charge < -0.3 is 4.57 Å². The molecule has 0 amide bonds. The van der Waals surface area contributed by atoms with Crippen LogP contribution >= 0.6 is 23.4 Å². The largest absolute Gasteiger partial charge is 0.320 e. The van der Waals surface area contributed by atoms with E-state index in [1.165, 1.54) is 6.42 Å². The minimum absolute atomic E-state index is 0.303. The Labute approximate surface area is 93.2 Å². The van der Waals surface area contributed by atoms with Gasteiger partial charge in [0.1, 0.15) is 16.4 Å². The van der Waals surface area contributed by atoms with Crippen LogP contribution in [0.4, 0.5) is 0 Å². The molecule has 2 rings (SSSR count). The first kappa shape index (κ1) is 10.3. The van der Waals surface area contributed by atoms with Crippen LogP contribution in [0.1, 0.15) is 24.5 Å². The highest BCUT2D eigenvalue weighted by molar-refractivity contribution is 7.99. The van der Waals surface area contributed by atoms with Gasteiger partial charge in [-0.3, -0.25) is 5.32 Å². The second-order valence-electron chi connectivity index (χ2n) is 3.48. The van der Waals surface area contributed by atoms with E-state index in [0.29, 0.717) is 16.6 Å². The number of nitrogens with zero attached hydrogens (tertiary/aromatic N) is 2. The quantitative estimate of drug-likeness (QED) is 0.846. The number of thioether (sulfide) groups is 1. The molecular formula is C9H14ClN3S. The second-order valence-corrected chi connectivity index (χ2v) is 5.01. The molecule has 1 fully saturated rings. The number of nitrogens with one attached hydrogen (secondary N) is 1. The highest BCUT2D eigenvalue weighted by Gasteiger charge is 2.27. The zero-order valence-corrected chi connectivity index (χ0v) is 9.90. The van der Waals surface area contributed by atoms with Crippen LogP contribution in [0.3, 0.4) is 0 Å². The normalized spacial score (nSPS) is 27.1. The average Bonchev–Trinajstić information content (AvgIpc) is 2.75. The van der Waals surface area contributed by atoms with Crippen molar-refractivity contribution in [1.29, 1.82) is 0 Å². The topological polar surface area (TPSA) is 29.9 Å². The van der Waals surface area contributed by atoms with Gasteiger partial charge in [-0.25, -0.2) is 4.98 Å². The molecule has 2 unspecified atom stereocenters. The summed E-state index contributed by atoms with van der Waals surface area (Å²) in [6, 6.07) is 0.612. The summed E-state index contributed by atoms with van der Waals surface area (Å²) >= 11 is 7.84. The van der Waals surface area contributed by atoms with E-state index in [4.69, 9.17) is 11.6 Å². The van der Waals surface area contributed by atoms with Gasteiger partial charge >= 0.3 is 0 Å². The summed E-state index contributed by atoms with van der Waals surface area (Å²) in [5, 5.41) is 4.53. The van der Waals surface area contributed by atoms with E-state index in [9.17, 15) is 0 Å². The number of halogens is 1. The molecule has 0 spiro atoms. The molecular weight excluding hydrogens is 218 g/mol. The third kappa shape index (κ3) is 1.78. The van der Waals surface area contributed by atoms with Crippen LogP contribution in [0.25, 0.3) is 0 Å². The van der Waals surface area contributed by atoms with Gasteiger partial charge in [0.2, 0.25) is 0 Å². The Balaban J connectivity index is 2.13. The first-order valence-electron chi connectivity index (χ1n) is 4.77. The third-order valence-electron chi connectivity index (χ3n) is 2.55. The molecule has 1 aliphatic rings. The first-order chi connectivity index (χ1) is 6.72. The number of aromatic nitrogens is 2. The van der Waals surface area contributed by atoms with Crippen molar-refractivity contribution < 1.29 is 0 Å². The van der Waals surface area contributed by atoms with E-state index in [-0.39, 0.29) is 0 Å². The van der Waals surface area contributed by atoms with Gasteiger partial charge in [0.05, 0.1) is 6.20 Å². The van der Waals surface area contributed by atoms with Crippen LogP contribution in [0, 0.1) is 0 Å². The summed E-state index contributed by atoms with van der Waals surface area (Å²) in [6.07, 6.45) is 2.88. The molecule has 78 valence electrons. The summed E-state index contributed by atoms with van der Waals surface area (Å²) < 4.78 is 1.93. The lowest BCUT2D eigenvalue weighted by atomic mass is 10.2. The van der Waals surface area contributed by atoms with Crippen LogP contribution in [0.5, 0.6) is 0 Å². The summed E-state index contributed by atoms with van der Waals surface area (Å²) in [6.45, 7) is 2.20. The van der Waals surface area contributed by atoms with Crippen molar-refractivity contribution in [2.45, 2.75) is 24.8 Å². The molecule has 1 N–H and O–H groups in total. The predicted octanol–water partition coefficient (Wildman–Crippen LogP) is 2.19. The smallest absolute Gasteiger partial charge is 0.137 e. The zero-order chi connectivity index (χ0) is 10.1. The third-order valence-corrected chi connectivity index (χ3v) is 4.17. The van der Waals surface area contributed by atoms with E-state index in [0.717, 1.165) is 11.6 Å². The molecule has 14 heavy (non-hydrogen) atoms. The molecule has 1 aromatic heterocycles. The van der Waals surface area contributed by atoms with Gasteiger partial charge in [0.25, 0.3) is 0 Å². The summed E-state index contributed by atoms with van der Waals surface area (Å²) in [4.78, 5) is 4.31. The molecule has 2 atom stereocenters. The molecule has 0 radical (unpaired) electrons. The minimum atomic E-state index is 0.303. The maximum atomic E-state index is 5.94. The van der Waals surface area contributed by atoms with Gasteiger partial charge in [0.15, 0.2) is 0 Å². The molecule has 2 heterocycles. The molecule has 0 aromatic carbocycles. The van der Waals surface area contributed by atoms with E-state index < -0.39 is 0 Å². The van der Waals surface area contributed by atoms with Crippen molar-refractivity contribution >= 4 is 23.4 Å². The predicted molar refractivity (Wildman–Crippen MR) is 60.6 cm³/mol. The Morgan fingerprint density at radius 1 is 1.79 bits per heavy atom. The van der Waals surface area contributed by atoms with Crippen molar-refractivity contribution in [1.82, 2.24) is 14.9 Å². The Kier molecular flexibility index (Phi) is 3.04. The van der Waals surface area contributed by atoms with E-state index >= 15 is 0 Å². The summed E-state index contributed by atoms with van der Waals surface area (Å²) in [5.74, 6) is 2.18. The monoisotopic (exact) mass is 231 g/mol. The van der Waals surface area contributed by atoms with Gasteiger partial charge in [-0.2, -0.15) is 0 Å². The molecule has 3 nitrogen and oxygen atoms in total. The van der Waals surface area contributed by atoms with Crippen LogP contribution in [0.2, 0.25) is 5.15 Å². The maximum absolute atomic E-state index is 5.94. The van der Waals surface area contributed by atoms with Crippen molar-refractivity contribution in [2.75, 3.05) is 5.75 Å². The van der Waals surface area contributed by atoms with Crippen molar-refractivity contribution in [2.24, 2.45) is 7.05 Å². The molecule has 1 saturated heterocycles. The molecule has 0 aliphatic carbocycles. The zero-order valence-electron chi connectivity index (χ0n) is 8.33. The molecule has 0 bridgehead atoms. The fourth-order valence-electron chi connectivity index (χ4n) is 1.55. The number of rotatable bonds is 2. The van der Waals surface area contributed by atoms with Crippen LogP contribution in [0.15, 0.2) is 6.20 Å². The van der Waals surface area contributed by atoms with Crippen LogP contribution in [-0.2, 0) is 7.05 Å². The first-order valence-corrected chi connectivity index (χ1v) is 6.19. The highest BCUT2D eigenvalue weighted by Crippen LogP contribution is 2.33. The van der Waals surface area contributed by atoms with E-state index in [1.807, 2.05) is 23.4 Å². The van der Waals surface area contributed by atoms with Gasteiger partial charge in [-0.05, 0) is 6.42 Å². The minimum Gasteiger partial charge on any atom is -0.320 e. The standard InChI is InChI=1S/C9H14ClN3S/c1-3-6-5-14-9(12-6)8-11-4-7(10)13(8)2/h4,6,9,12H,3,5H2,1-2H3. The average molecular weight is 232 g/mol. The Bertz CT molecular complexity index is 326.